The predicted molar refractivity (Wildman–Crippen MR) is 103 cm³/mol. The molecule has 2 N–H and O–H groups in total. The lowest BCUT2D eigenvalue weighted by Crippen LogP contribution is -2.51. The summed E-state index contributed by atoms with van der Waals surface area (Å²) in [5.74, 6) is 0.906. The second-order valence-electron chi connectivity index (χ2n) is 7.17. The summed E-state index contributed by atoms with van der Waals surface area (Å²) in [5, 5.41) is 0.744. The van der Waals surface area contributed by atoms with Gasteiger partial charge in [0, 0.05) is 37.9 Å². The van der Waals surface area contributed by atoms with Gasteiger partial charge in [-0.1, -0.05) is 23.7 Å². The summed E-state index contributed by atoms with van der Waals surface area (Å²) in [7, 11) is 0. The van der Waals surface area contributed by atoms with Gasteiger partial charge in [-0.25, -0.2) is 0 Å². The molecule has 0 atom stereocenters. The molecular formula is C19H28Cl2N2O2. The van der Waals surface area contributed by atoms with E-state index >= 15 is 0 Å². The van der Waals surface area contributed by atoms with Crippen molar-refractivity contribution in [2.75, 3.05) is 32.8 Å². The van der Waals surface area contributed by atoms with E-state index in [2.05, 4.69) is 4.90 Å². The van der Waals surface area contributed by atoms with Crippen molar-refractivity contribution < 1.29 is 9.53 Å². The lowest BCUT2D eigenvalue weighted by Gasteiger charge is -2.39. The zero-order valence-electron chi connectivity index (χ0n) is 14.6. The first-order chi connectivity index (χ1) is 11.6. The van der Waals surface area contributed by atoms with Crippen LogP contribution in [0.15, 0.2) is 24.3 Å². The average molecular weight is 387 g/mol. The third-order valence-electron chi connectivity index (χ3n) is 5.34. The van der Waals surface area contributed by atoms with Gasteiger partial charge in [-0.2, -0.15) is 0 Å². The molecule has 1 amide bonds. The predicted octanol–water partition coefficient (Wildman–Crippen LogP) is 3.30. The SMILES string of the molecule is Cl.NCC1(C(=O)N(CCc2ccc(Cl)cc2)CC2CC2)CCOCC1. The van der Waals surface area contributed by atoms with Crippen LogP contribution in [0.1, 0.15) is 31.2 Å². The molecule has 1 aromatic rings. The highest BCUT2D eigenvalue weighted by atomic mass is 35.5. The molecule has 25 heavy (non-hydrogen) atoms. The zero-order chi connectivity index (χ0) is 17.0. The summed E-state index contributed by atoms with van der Waals surface area (Å²) in [5.41, 5.74) is 6.82. The van der Waals surface area contributed by atoms with E-state index in [0.29, 0.717) is 25.7 Å². The van der Waals surface area contributed by atoms with Gasteiger partial charge in [-0.15, -0.1) is 12.4 Å². The third-order valence-corrected chi connectivity index (χ3v) is 5.59. The number of ether oxygens (including phenoxy) is 1. The number of hydrogen-bond donors (Lipinski definition) is 1. The molecule has 2 aliphatic rings. The van der Waals surface area contributed by atoms with E-state index in [4.69, 9.17) is 22.1 Å². The topological polar surface area (TPSA) is 55.6 Å². The summed E-state index contributed by atoms with van der Waals surface area (Å²) >= 11 is 5.95. The van der Waals surface area contributed by atoms with Crippen LogP contribution in [0.2, 0.25) is 5.02 Å². The van der Waals surface area contributed by atoms with Crippen molar-refractivity contribution in [1.82, 2.24) is 4.90 Å². The minimum atomic E-state index is -0.423. The number of nitrogens with zero attached hydrogens (tertiary/aromatic N) is 1. The summed E-state index contributed by atoms with van der Waals surface area (Å²) in [6.45, 7) is 3.31. The van der Waals surface area contributed by atoms with Gasteiger partial charge in [-0.05, 0) is 55.7 Å². The average Bonchev–Trinajstić information content (AvgIpc) is 3.44. The monoisotopic (exact) mass is 386 g/mol. The summed E-state index contributed by atoms with van der Waals surface area (Å²) < 4.78 is 5.45. The number of nitrogens with two attached hydrogens (primary N) is 1. The van der Waals surface area contributed by atoms with E-state index in [-0.39, 0.29) is 18.3 Å². The van der Waals surface area contributed by atoms with Crippen LogP contribution in [-0.4, -0.2) is 43.7 Å². The summed E-state index contributed by atoms with van der Waals surface area (Å²) in [6, 6.07) is 7.89. The molecule has 0 unspecified atom stereocenters. The molecule has 4 nitrogen and oxygen atoms in total. The van der Waals surface area contributed by atoms with Crippen LogP contribution in [0.5, 0.6) is 0 Å². The van der Waals surface area contributed by atoms with Crippen LogP contribution in [0.25, 0.3) is 0 Å². The quantitative estimate of drug-likeness (QED) is 0.781. The minimum Gasteiger partial charge on any atom is -0.381 e. The van der Waals surface area contributed by atoms with Gasteiger partial charge in [0.15, 0.2) is 0 Å². The number of carbonyl (C=O) groups is 1. The second-order valence-corrected chi connectivity index (χ2v) is 7.60. The highest BCUT2D eigenvalue weighted by molar-refractivity contribution is 6.30. The van der Waals surface area contributed by atoms with Crippen molar-refractivity contribution in [2.24, 2.45) is 17.1 Å². The lowest BCUT2D eigenvalue weighted by molar-refractivity contribution is -0.147. The van der Waals surface area contributed by atoms with Crippen molar-refractivity contribution in [2.45, 2.75) is 32.1 Å². The zero-order valence-corrected chi connectivity index (χ0v) is 16.2. The lowest BCUT2D eigenvalue weighted by atomic mass is 9.78. The van der Waals surface area contributed by atoms with E-state index in [1.807, 2.05) is 24.3 Å². The first-order valence-electron chi connectivity index (χ1n) is 8.95. The van der Waals surface area contributed by atoms with Gasteiger partial charge in [0.1, 0.15) is 0 Å². The van der Waals surface area contributed by atoms with Crippen LogP contribution >= 0.6 is 24.0 Å². The van der Waals surface area contributed by atoms with Crippen molar-refractivity contribution in [3.63, 3.8) is 0 Å². The van der Waals surface area contributed by atoms with Crippen molar-refractivity contribution in [3.05, 3.63) is 34.9 Å². The van der Waals surface area contributed by atoms with Crippen LogP contribution < -0.4 is 5.73 Å². The van der Waals surface area contributed by atoms with Crippen molar-refractivity contribution in [1.29, 1.82) is 0 Å². The Labute approximate surface area is 161 Å². The standard InChI is InChI=1S/C19H27ClN2O2.ClH/c20-17-5-3-15(4-6-17)7-10-22(13-16-1-2-16)18(23)19(14-21)8-11-24-12-9-19;/h3-6,16H,1-2,7-14,21H2;1H. The molecule has 0 aromatic heterocycles. The number of benzene rings is 1. The number of hydrogen-bond acceptors (Lipinski definition) is 3. The molecule has 6 heteroatoms. The molecule has 1 aromatic carbocycles. The summed E-state index contributed by atoms with van der Waals surface area (Å²) in [6.07, 6.45) is 4.81. The Bertz CT molecular complexity index is 555. The molecule has 1 aliphatic carbocycles. The normalized spacial score (nSPS) is 19.1. The fourth-order valence-electron chi connectivity index (χ4n) is 3.41. The second kappa shape index (κ2) is 9.22. The minimum absolute atomic E-state index is 0. The molecule has 0 bridgehead atoms. The number of halogens is 2. The Kier molecular flexibility index (Phi) is 7.56. The largest absolute Gasteiger partial charge is 0.381 e. The molecule has 3 rings (SSSR count). The van der Waals surface area contributed by atoms with Crippen LogP contribution in [0.3, 0.4) is 0 Å². The Morgan fingerprint density at radius 3 is 2.44 bits per heavy atom. The van der Waals surface area contributed by atoms with E-state index < -0.39 is 5.41 Å². The molecule has 1 aliphatic heterocycles. The van der Waals surface area contributed by atoms with Crippen molar-refractivity contribution >= 4 is 29.9 Å². The van der Waals surface area contributed by atoms with Crippen LogP contribution in [0.4, 0.5) is 0 Å². The van der Waals surface area contributed by atoms with Crippen molar-refractivity contribution in [3.8, 4) is 0 Å². The third kappa shape index (κ3) is 5.33. The van der Waals surface area contributed by atoms with Gasteiger partial charge < -0.3 is 15.4 Å². The molecule has 1 heterocycles. The molecule has 2 fully saturated rings. The number of amides is 1. The van der Waals surface area contributed by atoms with Gasteiger partial charge in [-0.3, -0.25) is 4.79 Å². The fraction of sp³-hybridized carbons (Fsp3) is 0.632. The van der Waals surface area contributed by atoms with Crippen LogP contribution in [0, 0.1) is 11.3 Å². The van der Waals surface area contributed by atoms with E-state index in [1.165, 1.54) is 18.4 Å². The van der Waals surface area contributed by atoms with E-state index in [1.54, 1.807) is 0 Å². The fourth-order valence-corrected chi connectivity index (χ4v) is 3.53. The highest BCUT2D eigenvalue weighted by Gasteiger charge is 2.42. The summed E-state index contributed by atoms with van der Waals surface area (Å²) in [4.78, 5) is 15.3. The van der Waals surface area contributed by atoms with Gasteiger partial charge in [0.2, 0.25) is 5.91 Å². The number of carbonyl (C=O) groups excluding carboxylic acids is 1. The maximum absolute atomic E-state index is 13.3. The molecule has 0 radical (unpaired) electrons. The number of rotatable bonds is 7. The Morgan fingerprint density at radius 2 is 1.88 bits per heavy atom. The molecule has 1 saturated carbocycles. The molecule has 1 saturated heterocycles. The van der Waals surface area contributed by atoms with Crippen LogP contribution in [-0.2, 0) is 16.0 Å². The van der Waals surface area contributed by atoms with Gasteiger partial charge >= 0.3 is 0 Å². The van der Waals surface area contributed by atoms with Gasteiger partial charge in [0.05, 0.1) is 5.41 Å². The smallest absolute Gasteiger partial charge is 0.230 e. The maximum Gasteiger partial charge on any atom is 0.230 e. The Morgan fingerprint density at radius 1 is 1.24 bits per heavy atom. The highest BCUT2D eigenvalue weighted by Crippen LogP contribution is 2.35. The molecule has 140 valence electrons. The Hall–Kier alpha value is -0.810. The maximum atomic E-state index is 13.3. The first kappa shape index (κ1) is 20.5. The molecular weight excluding hydrogens is 359 g/mol. The van der Waals surface area contributed by atoms with E-state index in [9.17, 15) is 4.79 Å². The van der Waals surface area contributed by atoms with Gasteiger partial charge in [0.25, 0.3) is 0 Å². The molecule has 0 spiro atoms. The van der Waals surface area contributed by atoms with E-state index in [0.717, 1.165) is 37.4 Å². The Balaban J connectivity index is 0.00000225. The first-order valence-corrected chi connectivity index (χ1v) is 9.32.